The Morgan fingerprint density at radius 2 is 1.76 bits per heavy atom. The molecule has 1 N–H and O–H groups in total. The largest absolute Gasteiger partial charge is 0.354 e. The van der Waals surface area contributed by atoms with Gasteiger partial charge in [0.2, 0.25) is 5.91 Å². The second kappa shape index (κ2) is 10.5. The molecule has 1 saturated heterocycles. The van der Waals surface area contributed by atoms with Gasteiger partial charge in [0, 0.05) is 6.54 Å². The molecule has 1 aliphatic rings. The van der Waals surface area contributed by atoms with E-state index in [9.17, 15) is 9.18 Å². The maximum atomic E-state index is 13.1. The van der Waals surface area contributed by atoms with Gasteiger partial charge in [-0.15, -0.1) is 0 Å². The fraction of sp³-hybridized carbons (Fsp3) is 0.650. The Kier molecular flexibility index (Phi) is 8.35. The fourth-order valence-corrected chi connectivity index (χ4v) is 3.46. The summed E-state index contributed by atoms with van der Waals surface area (Å²) >= 11 is 0. The van der Waals surface area contributed by atoms with Crippen LogP contribution in [0.1, 0.15) is 50.1 Å². The van der Waals surface area contributed by atoms with Crippen LogP contribution in [0.2, 0.25) is 0 Å². The number of benzene rings is 1. The lowest BCUT2D eigenvalue weighted by Gasteiger charge is -2.24. The van der Waals surface area contributed by atoms with Crippen molar-refractivity contribution in [2.24, 2.45) is 0 Å². The minimum Gasteiger partial charge on any atom is -0.354 e. The van der Waals surface area contributed by atoms with Crippen molar-refractivity contribution in [1.29, 1.82) is 0 Å². The summed E-state index contributed by atoms with van der Waals surface area (Å²) in [6, 6.07) is 5.78. The number of likely N-dealkylation sites (N-methyl/N-ethyl adjacent to an activating group) is 1. The minimum absolute atomic E-state index is 0.0219. The van der Waals surface area contributed by atoms with E-state index in [4.69, 9.17) is 0 Å². The molecule has 25 heavy (non-hydrogen) atoms. The first kappa shape index (κ1) is 19.9. The third-order valence-electron chi connectivity index (χ3n) is 4.85. The minimum atomic E-state index is -0.383. The number of amides is 1. The molecule has 0 aromatic heterocycles. The Morgan fingerprint density at radius 1 is 1.12 bits per heavy atom. The molecule has 4 nitrogen and oxygen atoms in total. The first-order valence-corrected chi connectivity index (χ1v) is 9.50. The highest BCUT2D eigenvalue weighted by atomic mass is 19.1. The van der Waals surface area contributed by atoms with Gasteiger partial charge in [-0.25, -0.2) is 4.39 Å². The van der Waals surface area contributed by atoms with Crippen molar-refractivity contribution in [1.82, 2.24) is 15.1 Å². The summed E-state index contributed by atoms with van der Waals surface area (Å²) in [6.07, 6.45) is 7.47. The molecule has 0 radical (unpaired) electrons. The average Bonchev–Trinajstić information content (AvgIpc) is 2.85. The lowest BCUT2D eigenvalue weighted by Crippen LogP contribution is -2.37. The second-order valence-corrected chi connectivity index (χ2v) is 7.17. The van der Waals surface area contributed by atoms with E-state index in [0.717, 1.165) is 24.9 Å². The molecule has 0 saturated carbocycles. The van der Waals surface area contributed by atoms with Gasteiger partial charge >= 0.3 is 0 Å². The number of hydrogen-bond acceptors (Lipinski definition) is 3. The van der Waals surface area contributed by atoms with Crippen molar-refractivity contribution >= 4 is 5.91 Å². The summed E-state index contributed by atoms with van der Waals surface area (Å²) in [7, 11) is 3.74. The number of nitrogens with zero attached hydrogens (tertiary/aromatic N) is 2. The van der Waals surface area contributed by atoms with E-state index in [0.29, 0.717) is 6.54 Å². The molecule has 1 aromatic carbocycles. The van der Waals surface area contributed by atoms with Gasteiger partial charge in [-0.2, -0.15) is 0 Å². The second-order valence-electron chi connectivity index (χ2n) is 7.17. The van der Waals surface area contributed by atoms with Crippen molar-refractivity contribution < 1.29 is 9.18 Å². The van der Waals surface area contributed by atoms with E-state index in [-0.39, 0.29) is 17.8 Å². The molecule has 0 bridgehead atoms. The molecule has 1 fully saturated rings. The van der Waals surface area contributed by atoms with E-state index < -0.39 is 0 Å². The van der Waals surface area contributed by atoms with Crippen molar-refractivity contribution in [3.8, 4) is 0 Å². The molecule has 5 heteroatoms. The van der Waals surface area contributed by atoms with Gasteiger partial charge in [0.25, 0.3) is 0 Å². The fourth-order valence-electron chi connectivity index (χ4n) is 3.46. The summed E-state index contributed by atoms with van der Waals surface area (Å²) in [4.78, 5) is 16.9. The highest BCUT2D eigenvalue weighted by molar-refractivity contribution is 5.83. The van der Waals surface area contributed by atoms with E-state index in [1.807, 2.05) is 19.0 Å². The van der Waals surface area contributed by atoms with Gasteiger partial charge in [0.1, 0.15) is 11.9 Å². The average molecular weight is 349 g/mol. The zero-order chi connectivity index (χ0) is 18.1. The molecular formula is C20H32FN3O. The van der Waals surface area contributed by atoms with Crippen molar-refractivity contribution in [3.05, 3.63) is 35.6 Å². The topological polar surface area (TPSA) is 35.6 Å². The summed E-state index contributed by atoms with van der Waals surface area (Å²) in [6.45, 7) is 4.27. The van der Waals surface area contributed by atoms with Crippen molar-refractivity contribution in [2.75, 3.05) is 40.3 Å². The summed E-state index contributed by atoms with van der Waals surface area (Å²) in [5.74, 6) is -0.304. The molecule has 1 unspecified atom stereocenters. The third-order valence-corrected chi connectivity index (χ3v) is 4.85. The number of carbonyl (C=O) groups excluding carboxylic acids is 1. The van der Waals surface area contributed by atoms with Crippen LogP contribution in [-0.2, 0) is 4.79 Å². The van der Waals surface area contributed by atoms with E-state index in [1.54, 1.807) is 12.1 Å². The number of hydrogen-bond donors (Lipinski definition) is 1. The van der Waals surface area contributed by atoms with Crippen LogP contribution in [0.25, 0.3) is 0 Å². The predicted octanol–water partition coefficient (Wildman–Crippen LogP) is 3.20. The Labute approximate surface area is 151 Å². The quantitative estimate of drug-likeness (QED) is 0.732. The number of likely N-dealkylation sites (tertiary alicyclic amines) is 1. The van der Waals surface area contributed by atoms with E-state index in [1.165, 1.54) is 50.9 Å². The third kappa shape index (κ3) is 6.75. The Hall–Kier alpha value is -1.46. The van der Waals surface area contributed by atoms with Crippen molar-refractivity contribution in [3.63, 3.8) is 0 Å². The van der Waals surface area contributed by atoms with Crippen LogP contribution in [0, 0.1) is 5.82 Å². The number of nitrogens with one attached hydrogen (secondary N) is 1. The van der Waals surface area contributed by atoms with Gasteiger partial charge in [0.05, 0.1) is 0 Å². The van der Waals surface area contributed by atoms with Crippen LogP contribution in [0.3, 0.4) is 0 Å². The molecule has 1 aromatic rings. The SMILES string of the molecule is CN(C)C(C(=O)NCCCCN1CCCCCC1)c1ccc(F)cc1. The lowest BCUT2D eigenvalue weighted by molar-refractivity contribution is -0.125. The summed E-state index contributed by atoms with van der Waals surface area (Å²) < 4.78 is 13.1. The highest BCUT2D eigenvalue weighted by Crippen LogP contribution is 2.19. The summed E-state index contributed by atoms with van der Waals surface area (Å²) in [5.41, 5.74) is 0.813. The van der Waals surface area contributed by atoms with Gasteiger partial charge < -0.3 is 10.2 Å². The normalized spacial score (nSPS) is 17.3. The molecule has 140 valence electrons. The standard InChI is InChI=1S/C20H32FN3O/c1-23(2)19(17-9-11-18(21)12-10-17)20(25)22-13-5-8-16-24-14-6-3-4-7-15-24/h9-12,19H,3-8,13-16H2,1-2H3,(H,22,25). The molecule has 1 aliphatic heterocycles. The summed E-state index contributed by atoms with van der Waals surface area (Å²) in [5, 5.41) is 3.03. The Balaban J connectivity index is 1.72. The zero-order valence-corrected chi connectivity index (χ0v) is 15.6. The van der Waals surface area contributed by atoms with Crippen LogP contribution in [0.5, 0.6) is 0 Å². The Bertz CT molecular complexity index is 510. The highest BCUT2D eigenvalue weighted by Gasteiger charge is 2.22. The van der Waals surface area contributed by atoms with Crippen LogP contribution in [0.4, 0.5) is 4.39 Å². The van der Waals surface area contributed by atoms with Gasteiger partial charge in [-0.3, -0.25) is 9.69 Å². The maximum absolute atomic E-state index is 13.1. The molecule has 1 amide bonds. The van der Waals surface area contributed by atoms with Crippen molar-refractivity contribution in [2.45, 2.75) is 44.6 Å². The smallest absolute Gasteiger partial charge is 0.241 e. The molecule has 0 spiro atoms. The lowest BCUT2D eigenvalue weighted by atomic mass is 10.1. The number of carbonyl (C=O) groups is 1. The molecule has 1 atom stereocenters. The van der Waals surface area contributed by atoms with Crippen LogP contribution in [0.15, 0.2) is 24.3 Å². The molecular weight excluding hydrogens is 317 g/mol. The van der Waals surface area contributed by atoms with Crippen LogP contribution >= 0.6 is 0 Å². The Morgan fingerprint density at radius 3 is 2.36 bits per heavy atom. The van der Waals surface area contributed by atoms with E-state index in [2.05, 4.69) is 10.2 Å². The predicted molar refractivity (Wildman–Crippen MR) is 100.0 cm³/mol. The first-order chi connectivity index (χ1) is 12.1. The monoisotopic (exact) mass is 349 g/mol. The van der Waals surface area contributed by atoms with Gasteiger partial charge in [-0.05, 0) is 77.1 Å². The molecule has 2 rings (SSSR count). The maximum Gasteiger partial charge on any atom is 0.241 e. The number of halogens is 1. The van der Waals surface area contributed by atoms with Crippen LogP contribution in [-0.4, -0.2) is 56.0 Å². The number of unbranched alkanes of at least 4 members (excludes halogenated alkanes) is 1. The number of rotatable bonds is 8. The van der Waals surface area contributed by atoms with Gasteiger partial charge in [-0.1, -0.05) is 25.0 Å². The van der Waals surface area contributed by atoms with Gasteiger partial charge in [0.15, 0.2) is 0 Å². The molecule has 0 aliphatic carbocycles. The zero-order valence-electron chi connectivity index (χ0n) is 15.6. The van der Waals surface area contributed by atoms with Crippen LogP contribution < -0.4 is 5.32 Å². The first-order valence-electron chi connectivity index (χ1n) is 9.50. The van der Waals surface area contributed by atoms with E-state index >= 15 is 0 Å². The molecule has 1 heterocycles.